The molecule has 130 valence electrons. The molecule has 4 aromatic rings. The lowest BCUT2D eigenvalue weighted by Crippen LogP contribution is -2.27. The first-order chi connectivity index (χ1) is 13.2. The number of hydrogen-bond donors (Lipinski definition) is 1. The zero-order valence-electron chi connectivity index (χ0n) is 14.4. The minimum atomic E-state index is -1.29. The fourth-order valence-electron chi connectivity index (χ4n) is 4.08. The number of hydrogen-bond acceptors (Lipinski definition) is 2. The van der Waals surface area contributed by atoms with Gasteiger partial charge in [0.15, 0.2) is 0 Å². The van der Waals surface area contributed by atoms with Gasteiger partial charge in [-0.1, -0.05) is 72.3 Å². The number of pyridine rings is 1. The Balaban J connectivity index is 1.86. The second-order valence-electron chi connectivity index (χ2n) is 6.73. The molecule has 27 heavy (non-hydrogen) atoms. The normalized spacial score (nSPS) is 17.4. The topological polar surface area (TPSA) is 33.1 Å². The lowest BCUT2D eigenvalue weighted by atomic mass is 9.80. The highest BCUT2D eigenvalue weighted by atomic mass is 35.5. The van der Waals surface area contributed by atoms with Gasteiger partial charge in [0.05, 0.1) is 0 Å². The molecule has 0 saturated heterocycles. The number of benzene rings is 3. The zero-order valence-corrected chi connectivity index (χ0v) is 15.2. The molecule has 1 heterocycles. The molecule has 1 aliphatic rings. The molecule has 1 aromatic heterocycles. The first-order valence-corrected chi connectivity index (χ1v) is 9.19. The minimum absolute atomic E-state index is 0.602. The van der Waals surface area contributed by atoms with E-state index in [-0.39, 0.29) is 0 Å². The summed E-state index contributed by atoms with van der Waals surface area (Å²) in [6, 6.07) is 25.7. The minimum Gasteiger partial charge on any atom is -0.376 e. The van der Waals surface area contributed by atoms with Crippen molar-refractivity contribution < 1.29 is 5.11 Å². The van der Waals surface area contributed by atoms with Gasteiger partial charge in [-0.3, -0.25) is 4.98 Å². The maximum Gasteiger partial charge on any atom is 0.142 e. The van der Waals surface area contributed by atoms with Crippen LogP contribution >= 0.6 is 11.6 Å². The molecule has 1 aliphatic carbocycles. The third kappa shape index (κ3) is 2.34. The standard InChI is InChI=1S/C24H16ClNO/c25-17-10-11-19-20-15-26-13-12-22(20)24(27,23(19)14-17)21-9-5-4-8-18(21)16-6-2-1-3-7-16/h1-15,27H. The van der Waals surface area contributed by atoms with Crippen LogP contribution in [-0.2, 0) is 5.60 Å². The maximum absolute atomic E-state index is 12.1. The molecule has 0 radical (unpaired) electrons. The average molecular weight is 370 g/mol. The van der Waals surface area contributed by atoms with E-state index in [1.165, 1.54) is 0 Å². The van der Waals surface area contributed by atoms with Gasteiger partial charge in [0.25, 0.3) is 0 Å². The molecule has 2 nitrogen and oxygen atoms in total. The van der Waals surface area contributed by atoms with Crippen LogP contribution < -0.4 is 0 Å². The Labute approximate surface area is 162 Å². The molecule has 0 bridgehead atoms. The van der Waals surface area contributed by atoms with Gasteiger partial charge < -0.3 is 5.11 Å². The van der Waals surface area contributed by atoms with E-state index in [2.05, 4.69) is 17.1 Å². The first-order valence-electron chi connectivity index (χ1n) is 8.82. The highest BCUT2D eigenvalue weighted by Crippen LogP contribution is 2.52. The van der Waals surface area contributed by atoms with Crippen LogP contribution in [-0.4, -0.2) is 10.1 Å². The van der Waals surface area contributed by atoms with Crippen molar-refractivity contribution in [2.75, 3.05) is 0 Å². The van der Waals surface area contributed by atoms with E-state index in [4.69, 9.17) is 11.6 Å². The van der Waals surface area contributed by atoms with Crippen molar-refractivity contribution in [1.82, 2.24) is 4.98 Å². The van der Waals surface area contributed by atoms with E-state index in [0.29, 0.717) is 5.02 Å². The molecule has 0 fully saturated rings. The van der Waals surface area contributed by atoms with Crippen molar-refractivity contribution in [3.63, 3.8) is 0 Å². The molecule has 5 rings (SSSR count). The molecule has 1 unspecified atom stereocenters. The summed E-state index contributed by atoms with van der Waals surface area (Å²) >= 11 is 6.31. The Hall–Kier alpha value is -2.94. The number of aromatic nitrogens is 1. The van der Waals surface area contributed by atoms with Crippen LogP contribution in [0.2, 0.25) is 5.02 Å². The SMILES string of the molecule is OC1(c2ccccc2-c2ccccc2)c2ccncc2-c2ccc(Cl)cc21. The molecule has 3 heteroatoms. The van der Waals surface area contributed by atoms with Gasteiger partial charge in [-0.15, -0.1) is 0 Å². The van der Waals surface area contributed by atoms with E-state index in [9.17, 15) is 5.11 Å². The molecular weight excluding hydrogens is 354 g/mol. The summed E-state index contributed by atoms with van der Waals surface area (Å²) in [5, 5.41) is 12.7. The van der Waals surface area contributed by atoms with Crippen LogP contribution in [0.25, 0.3) is 22.3 Å². The van der Waals surface area contributed by atoms with Crippen LogP contribution in [0.5, 0.6) is 0 Å². The number of aliphatic hydroxyl groups is 1. The van der Waals surface area contributed by atoms with Crippen molar-refractivity contribution in [1.29, 1.82) is 0 Å². The summed E-state index contributed by atoms with van der Waals surface area (Å²) in [6.07, 6.45) is 3.54. The Bertz CT molecular complexity index is 1160. The quantitative estimate of drug-likeness (QED) is 0.494. The highest BCUT2D eigenvalue weighted by molar-refractivity contribution is 6.30. The van der Waals surface area contributed by atoms with Gasteiger partial charge in [-0.2, -0.15) is 0 Å². The molecule has 1 N–H and O–H groups in total. The summed E-state index contributed by atoms with van der Waals surface area (Å²) in [4.78, 5) is 4.27. The first kappa shape index (κ1) is 16.2. The van der Waals surface area contributed by atoms with Gasteiger partial charge in [0.1, 0.15) is 5.60 Å². The van der Waals surface area contributed by atoms with Crippen LogP contribution in [0.3, 0.4) is 0 Å². The summed E-state index contributed by atoms with van der Waals surface area (Å²) in [5.74, 6) is 0. The number of rotatable bonds is 2. The van der Waals surface area contributed by atoms with Gasteiger partial charge >= 0.3 is 0 Å². The van der Waals surface area contributed by atoms with E-state index in [1.807, 2.05) is 72.9 Å². The Kier molecular flexibility index (Phi) is 3.64. The van der Waals surface area contributed by atoms with Gasteiger partial charge in [-0.25, -0.2) is 0 Å². The second kappa shape index (κ2) is 6.05. The van der Waals surface area contributed by atoms with Gasteiger partial charge in [0, 0.05) is 39.7 Å². The third-order valence-electron chi connectivity index (χ3n) is 5.27. The number of nitrogens with zero attached hydrogens (tertiary/aromatic N) is 1. The zero-order chi connectivity index (χ0) is 18.4. The number of fused-ring (bicyclic) bond motifs is 3. The average Bonchev–Trinajstić information content (AvgIpc) is 2.98. The van der Waals surface area contributed by atoms with E-state index < -0.39 is 5.60 Å². The molecule has 0 amide bonds. The van der Waals surface area contributed by atoms with Crippen molar-refractivity contribution in [3.8, 4) is 22.3 Å². The third-order valence-corrected chi connectivity index (χ3v) is 5.51. The number of halogens is 1. The Morgan fingerprint density at radius 1 is 0.704 bits per heavy atom. The van der Waals surface area contributed by atoms with E-state index in [1.54, 1.807) is 6.20 Å². The van der Waals surface area contributed by atoms with Crippen LogP contribution in [0.15, 0.2) is 91.3 Å². The summed E-state index contributed by atoms with van der Waals surface area (Å²) in [7, 11) is 0. The summed E-state index contributed by atoms with van der Waals surface area (Å²) in [5.41, 5.74) is 5.14. The molecule has 3 aromatic carbocycles. The Morgan fingerprint density at radius 2 is 1.44 bits per heavy atom. The smallest absolute Gasteiger partial charge is 0.142 e. The van der Waals surface area contributed by atoms with E-state index in [0.717, 1.165) is 38.9 Å². The van der Waals surface area contributed by atoms with Crippen molar-refractivity contribution in [2.24, 2.45) is 0 Å². The Morgan fingerprint density at radius 3 is 2.30 bits per heavy atom. The second-order valence-corrected chi connectivity index (χ2v) is 7.17. The van der Waals surface area contributed by atoms with Gasteiger partial charge in [-0.05, 0) is 34.9 Å². The van der Waals surface area contributed by atoms with Crippen LogP contribution in [0.1, 0.15) is 16.7 Å². The fourth-order valence-corrected chi connectivity index (χ4v) is 4.25. The maximum atomic E-state index is 12.1. The van der Waals surface area contributed by atoms with Crippen molar-refractivity contribution in [2.45, 2.75) is 5.60 Å². The molecular formula is C24H16ClNO. The van der Waals surface area contributed by atoms with Gasteiger partial charge in [0.2, 0.25) is 0 Å². The highest BCUT2D eigenvalue weighted by Gasteiger charge is 2.44. The lowest BCUT2D eigenvalue weighted by molar-refractivity contribution is 0.131. The summed E-state index contributed by atoms with van der Waals surface area (Å²) in [6.45, 7) is 0. The predicted molar refractivity (Wildman–Crippen MR) is 109 cm³/mol. The molecule has 0 aliphatic heterocycles. The molecule has 0 saturated carbocycles. The largest absolute Gasteiger partial charge is 0.376 e. The van der Waals surface area contributed by atoms with Crippen molar-refractivity contribution in [3.05, 3.63) is 113 Å². The van der Waals surface area contributed by atoms with Crippen LogP contribution in [0, 0.1) is 0 Å². The predicted octanol–water partition coefficient (Wildman–Crippen LogP) is 5.67. The van der Waals surface area contributed by atoms with Crippen molar-refractivity contribution >= 4 is 11.6 Å². The molecule has 0 spiro atoms. The fraction of sp³-hybridized carbons (Fsp3) is 0.0417. The molecule has 1 atom stereocenters. The lowest BCUT2D eigenvalue weighted by Gasteiger charge is -2.29. The van der Waals surface area contributed by atoms with Crippen LogP contribution in [0.4, 0.5) is 0 Å². The monoisotopic (exact) mass is 369 g/mol. The summed E-state index contributed by atoms with van der Waals surface area (Å²) < 4.78 is 0. The van der Waals surface area contributed by atoms with E-state index >= 15 is 0 Å².